The van der Waals surface area contributed by atoms with Crippen molar-refractivity contribution in [3.63, 3.8) is 0 Å². The highest BCUT2D eigenvalue weighted by Crippen LogP contribution is 2.34. The van der Waals surface area contributed by atoms with Crippen molar-refractivity contribution in [3.05, 3.63) is 47.7 Å². The van der Waals surface area contributed by atoms with Crippen LogP contribution in [0.2, 0.25) is 0 Å². The summed E-state index contributed by atoms with van der Waals surface area (Å²) >= 11 is 0. The number of fused-ring (bicyclic) bond motifs is 1. The molecule has 132 valence electrons. The Bertz CT molecular complexity index is 877. The van der Waals surface area contributed by atoms with Crippen molar-refractivity contribution in [2.24, 2.45) is 0 Å². The maximum atomic E-state index is 12.9. The molecule has 0 saturated carbocycles. The van der Waals surface area contributed by atoms with E-state index in [4.69, 9.17) is 19.5 Å². The first-order chi connectivity index (χ1) is 12.7. The Morgan fingerprint density at radius 1 is 1.31 bits per heavy atom. The summed E-state index contributed by atoms with van der Waals surface area (Å²) in [7, 11) is 0. The number of rotatable bonds is 3. The molecule has 1 amide bonds. The standard InChI is InChI=1S/C19H17N3O4/c20-11-13-4-6-21-17(10-13)26-14-5-7-22(12-14)19(23)15-2-1-3-16-18(15)25-9-8-24-16/h1-4,6,10,14H,5,7-9,12H2. The Morgan fingerprint density at radius 2 is 2.19 bits per heavy atom. The monoisotopic (exact) mass is 351 g/mol. The third kappa shape index (κ3) is 3.14. The maximum Gasteiger partial charge on any atom is 0.257 e. The van der Waals surface area contributed by atoms with Gasteiger partial charge in [-0.25, -0.2) is 4.98 Å². The first-order valence-corrected chi connectivity index (χ1v) is 8.45. The molecule has 0 radical (unpaired) electrons. The Balaban J connectivity index is 1.45. The second-order valence-electron chi connectivity index (χ2n) is 6.10. The summed E-state index contributed by atoms with van der Waals surface area (Å²) in [5.41, 5.74) is 1.00. The lowest BCUT2D eigenvalue weighted by Crippen LogP contribution is -2.32. The van der Waals surface area contributed by atoms with Crippen LogP contribution < -0.4 is 14.2 Å². The van der Waals surface area contributed by atoms with E-state index in [0.717, 1.165) is 0 Å². The van der Waals surface area contributed by atoms with E-state index < -0.39 is 0 Å². The SMILES string of the molecule is N#Cc1ccnc(OC2CCN(C(=O)c3cccc4c3OCCO4)C2)c1. The van der Waals surface area contributed by atoms with E-state index >= 15 is 0 Å². The molecule has 0 aliphatic carbocycles. The van der Waals surface area contributed by atoms with Crippen LogP contribution in [0.15, 0.2) is 36.5 Å². The van der Waals surface area contributed by atoms with Crippen molar-refractivity contribution in [1.29, 1.82) is 5.26 Å². The van der Waals surface area contributed by atoms with Gasteiger partial charge in [0.1, 0.15) is 19.3 Å². The summed E-state index contributed by atoms with van der Waals surface area (Å²) < 4.78 is 17.0. The molecule has 0 spiro atoms. The lowest BCUT2D eigenvalue weighted by molar-refractivity contribution is 0.0760. The minimum atomic E-state index is -0.155. The highest BCUT2D eigenvalue weighted by molar-refractivity contribution is 5.98. The number of amides is 1. The van der Waals surface area contributed by atoms with Crippen LogP contribution in [-0.2, 0) is 0 Å². The van der Waals surface area contributed by atoms with E-state index in [2.05, 4.69) is 11.1 Å². The first kappa shape index (κ1) is 16.2. The number of hydrogen-bond acceptors (Lipinski definition) is 6. The zero-order valence-corrected chi connectivity index (χ0v) is 14.1. The Labute approximate surface area is 150 Å². The number of carbonyl (C=O) groups is 1. The zero-order chi connectivity index (χ0) is 17.9. The molecular weight excluding hydrogens is 334 g/mol. The third-order valence-electron chi connectivity index (χ3n) is 4.38. The molecule has 2 aliphatic rings. The topological polar surface area (TPSA) is 84.7 Å². The Morgan fingerprint density at radius 3 is 3.08 bits per heavy atom. The molecule has 1 fully saturated rings. The van der Waals surface area contributed by atoms with Crippen molar-refractivity contribution in [1.82, 2.24) is 9.88 Å². The largest absolute Gasteiger partial charge is 0.486 e. The molecular formula is C19H17N3O4. The summed E-state index contributed by atoms with van der Waals surface area (Å²) in [4.78, 5) is 18.8. The van der Waals surface area contributed by atoms with Gasteiger partial charge in [-0.3, -0.25) is 4.79 Å². The van der Waals surface area contributed by atoms with Crippen LogP contribution in [0.1, 0.15) is 22.3 Å². The number of nitriles is 1. The number of carbonyl (C=O) groups excluding carboxylic acids is 1. The third-order valence-corrected chi connectivity index (χ3v) is 4.38. The van der Waals surface area contributed by atoms with E-state index in [0.29, 0.717) is 61.2 Å². The lowest BCUT2D eigenvalue weighted by atomic mass is 10.1. The van der Waals surface area contributed by atoms with Crippen LogP contribution in [0, 0.1) is 11.3 Å². The molecule has 1 aromatic carbocycles. The van der Waals surface area contributed by atoms with Crippen molar-refractivity contribution in [2.75, 3.05) is 26.3 Å². The predicted octanol–water partition coefficient (Wildman–Crippen LogP) is 2.02. The second-order valence-corrected chi connectivity index (χ2v) is 6.10. The van der Waals surface area contributed by atoms with Gasteiger partial charge in [0.2, 0.25) is 5.88 Å². The van der Waals surface area contributed by atoms with E-state index in [9.17, 15) is 4.79 Å². The lowest BCUT2D eigenvalue weighted by Gasteiger charge is -2.23. The van der Waals surface area contributed by atoms with Crippen LogP contribution in [-0.4, -0.2) is 48.2 Å². The molecule has 7 nitrogen and oxygen atoms in total. The number of hydrogen-bond donors (Lipinski definition) is 0. The smallest absolute Gasteiger partial charge is 0.257 e. The number of ether oxygens (including phenoxy) is 3. The fourth-order valence-corrected chi connectivity index (χ4v) is 3.14. The molecule has 3 heterocycles. The summed E-state index contributed by atoms with van der Waals surface area (Å²) in [5.74, 6) is 1.41. The highest BCUT2D eigenvalue weighted by atomic mass is 16.6. The van der Waals surface area contributed by atoms with Crippen molar-refractivity contribution in [2.45, 2.75) is 12.5 Å². The van der Waals surface area contributed by atoms with Crippen molar-refractivity contribution in [3.8, 4) is 23.4 Å². The van der Waals surface area contributed by atoms with E-state index in [1.54, 1.807) is 41.4 Å². The summed E-state index contributed by atoms with van der Waals surface area (Å²) in [6, 6.07) is 10.6. The van der Waals surface area contributed by atoms with Crippen LogP contribution in [0.3, 0.4) is 0 Å². The van der Waals surface area contributed by atoms with Gasteiger partial charge in [0.25, 0.3) is 5.91 Å². The van der Waals surface area contributed by atoms with Crippen LogP contribution in [0.5, 0.6) is 17.4 Å². The van der Waals surface area contributed by atoms with Crippen LogP contribution in [0.25, 0.3) is 0 Å². The van der Waals surface area contributed by atoms with Gasteiger partial charge in [0.15, 0.2) is 11.5 Å². The molecule has 2 aromatic rings. The molecule has 1 unspecified atom stereocenters. The van der Waals surface area contributed by atoms with Crippen molar-refractivity contribution >= 4 is 5.91 Å². The van der Waals surface area contributed by atoms with Crippen molar-refractivity contribution < 1.29 is 19.0 Å². The van der Waals surface area contributed by atoms with E-state index in [1.807, 2.05) is 0 Å². The fourth-order valence-electron chi connectivity index (χ4n) is 3.14. The average Bonchev–Trinajstić information content (AvgIpc) is 3.15. The molecule has 1 atom stereocenters. The molecule has 7 heteroatoms. The molecule has 1 saturated heterocycles. The van der Waals surface area contributed by atoms with Gasteiger partial charge in [0.05, 0.1) is 23.7 Å². The Hall–Kier alpha value is -3.27. The van der Waals surface area contributed by atoms with Gasteiger partial charge >= 0.3 is 0 Å². The van der Waals surface area contributed by atoms with Gasteiger partial charge in [-0.05, 0) is 18.2 Å². The number of pyridine rings is 1. The second kappa shape index (κ2) is 6.92. The molecule has 0 bridgehead atoms. The van der Waals surface area contributed by atoms with Gasteiger partial charge in [-0.15, -0.1) is 0 Å². The molecule has 26 heavy (non-hydrogen) atoms. The Kier molecular flexibility index (Phi) is 4.32. The summed E-state index contributed by atoms with van der Waals surface area (Å²) in [5, 5.41) is 8.95. The molecule has 1 aromatic heterocycles. The van der Waals surface area contributed by atoms with Gasteiger partial charge in [-0.1, -0.05) is 6.07 Å². The van der Waals surface area contributed by atoms with Crippen LogP contribution >= 0.6 is 0 Å². The van der Waals surface area contributed by atoms with Gasteiger partial charge in [0, 0.05) is 25.2 Å². The van der Waals surface area contributed by atoms with Crippen LogP contribution in [0.4, 0.5) is 0 Å². The maximum absolute atomic E-state index is 12.9. The number of likely N-dealkylation sites (tertiary alicyclic amines) is 1. The normalized spacial score (nSPS) is 18.3. The van der Waals surface area contributed by atoms with Gasteiger partial charge < -0.3 is 19.1 Å². The predicted molar refractivity (Wildman–Crippen MR) is 91.3 cm³/mol. The first-order valence-electron chi connectivity index (χ1n) is 8.45. The molecule has 2 aliphatic heterocycles. The molecule has 4 rings (SSSR count). The van der Waals surface area contributed by atoms with E-state index in [-0.39, 0.29) is 12.0 Å². The molecule has 0 N–H and O–H groups in total. The zero-order valence-electron chi connectivity index (χ0n) is 14.1. The number of aromatic nitrogens is 1. The van der Waals surface area contributed by atoms with E-state index in [1.165, 1.54) is 0 Å². The minimum Gasteiger partial charge on any atom is -0.486 e. The quantitative estimate of drug-likeness (QED) is 0.841. The fraction of sp³-hybridized carbons (Fsp3) is 0.316. The average molecular weight is 351 g/mol. The number of para-hydroxylation sites is 1. The van der Waals surface area contributed by atoms with Gasteiger partial charge in [-0.2, -0.15) is 5.26 Å². The highest BCUT2D eigenvalue weighted by Gasteiger charge is 2.31. The number of nitrogens with zero attached hydrogens (tertiary/aromatic N) is 3. The minimum absolute atomic E-state index is 0.0998. The summed E-state index contributed by atoms with van der Waals surface area (Å²) in [6.07, 6.45) is 2.09. The summed E-state index contributed by atoms with van der Waals surface area (Å²) in [6.45, 7) is 1.97. The number of benzene rings is 1.